The number of nitrogens with zero attached hydrogens (tertiary/aromatic N) is 1. The molecule has 254 valence electrons. The van der Waals surface area contributed by atoms with Crippen LogP contribution in [0.2, 0.25) is 0 Å². The predicted octanol–water partition coefficient (Wildman–Crippen LogP) is -0.477. The Balaban J connectivity index is 1.63. The molecule has 0 bridgehead atoms. The van der Waals surface area contributed by atoms with Gasteiger partial charge >= 0.3 is 11.9 Å². The number of anilines is 1. The van der Waals surface area contributed by atoms with Crippen molar-refractivity contribution in [1.82, 2.24) is 10.2 Å². The Bertz CT molecular complexity index is 1320. The maximum absolute atomic E-state index is 12.8. The number of carbonyl (C=O) groups excluding carboxylic acids is 5. The summed E-state index contributed by atoms with van der Waals surface area (Å²) in [7, 11) is 0. The molecule has 0 radical (unpaired) electrons. The van der Waals surface area contributed by atoms with Gasteiger partial charge in [0.15, 0.2) is 6.10 Å². The molecule has 2 aliphatic heterocycles. The van der Waals surface area contributed by atoms with Crippen LogP contribution in [-0.2, 0) is 44.8 Å². The number of carbonyl (C=O) groups is 6. The zero-order valence-corrected chi connectivity index (χ0v) is 26.0. The molecule has 3 rings (SSSR count). The minimum Gasteiger partial charge on any atom is -0.479 e. The maximum atomic E-state index is 12.8. The average Bonchev–Trinajstić information content (AvgIpc) is 3.28. The summed E-state index contributed by atoms with van der Waals surface area (Å²) in [5.74, 6) is -4.70. The van der Waals surface area contributed by atoms with Crippen molar-refractivity contribution in [3.8, 4) is 5.75 Å². The van der Waals surface area contributed by atoms with E-state index in [1.807, 2.05) is 13.8 Å². The minimum absolute atomic E-state index is 0.00290. The number of nitrogens with one attached hydrogen (secondary N) is 2. The van der Waals surface area contributed by atoms with Crippen LogP contribution in [0.15, 0.2) is 18.2 Å². The average molecular weight is 652 g/mol. The van der Waals surface area contributed by atoms with Crippen LogP contribution in [-0.4, -0.2) is 105 Å². The lowest BCUT2D eigenvalue weighted by atomic mass is 9.94. The Morgan fingerprint density at radius 3 is 2.30 bits per heavy atom. The van der Waals surface area contributed by atoms with Crippen molar-refractivity contribution in [2.75, 3.05) is 18.4 Å². The summed E-state index contributed by atoms with van der Waals surface area (Å²) in [5.41, 5.74) is 0.433. The quantitative estimate of drug-likeness (QED) is 0.110. The van der Waals surface area contributed by atoms with E-state index in [1.54, 1.807) is 13.8 Å². The van der Waals surface area contributed by atoms with E-state index in [4.69, 9.17) is 14.2 Å². The van der Waals surface area contributed by atoms with Gasteiger partial charge in [-0.05, 0) is 23.6 Å². The third-order valence-electron chi connectivity index (χ3n) is 7.55. The van der Waals surface area contributed by atoms with E-state index >= 15 is 0 Å². The van der Waals surface area contributed by atoms with E-state index in [-0.39, 0.29) is 74.0 Å². The fourth-order valence-electron chi connectivity index (χ4n) is 4.76. The first-order valence-corrected chi connectivity index (χ1v) is 14.9. The van der Waals surface area contributed by atoms with Crippen LogP contribution in [0.1, 0.15) is 52.5 Å². The highest BCUT2D eigenvalue weighted by Crippen LogP contribution is 2.31. The van der Waals surface area contributed by atoms with Crippen molar-refractivity contribution in [2.24, 2.45) is 17.8 Å². The number of aliphatic hydroxyl groups is 3. The maximum Gasteiger partial charge on any atom is 0.335 e. The molecule has 2 fully saturated rings. The van der Waals surface area contributed by atoms with E-state index in [0.29, 0.717) is 5.56 Å². The molecule has 1 aromatic rings. The third-order valence-corrected chi connectivity index (χ3v) is 7.55. The van der Waals surface area contributed by atoms with Gasteiger partial charge in [0, 0.05) is 38.3 Å². The molecule has 0 aromatic heterocycles. The molecule has 0 spiro atoms. The molecule has 16 nitrogen and oxygen atoms in total. The highest BCUT2D eigenvalue weighted by molar-refractivity contribution is 6.04. The molecule has 0 saturated carbocycles. The van der Waals surface area contributed by atoms with Gasteiger partial charge in [0.05, 0.1) is 11.6 Å². The molecule has 2 saturated heterocycles. The smallest absolute Gasteiger partial charge is 0.335 e. The zero-order chi connectivity index (χ0) is 34.3. The van der Waals surface area contributed by atoms with E-state index in [2.05, 4.69) is 10.6 Å². The van der Waals surface area contributed by atoms with Gasteiger partial charge in [0.25, 0.3) is 0 Å². The molecular formula is C30H41N3O13. The van der Waals surface area contributed by atoms with Gasteiger partial charge in [0.2, 0.25) is 29.9 Å². The lowest BCUT2D eigenvalue weighted by Crippen LogP contribution is -2.61. The summed E-state index contributed by atoms with van der Waals surface area (Å²) in [6, 6.07) is 4.22. The third kappa shape index (κ3) is 9.22. The van der Waals surface area contributed by atoms with Gasteiger partial charge < -0.3 is 45.3 Å². The number of imide groups is 1. The highest BCUT2D eigenvalue weighted by atomic mass is 16.7. The second-order valence-corrected chi connectivity index (χ2v) is 11.8. The van der Waals surface area contributed by atoms with Crippen molar-refractivity contribution in [2.45, 2.75) is 84.3 Å². The van der Waals surface area contributed by atoms with Crippen molar-refractivity contribution < 1.29 is 63.4 Å². The molecule has 46 heavy (non-hydrogen) atoms. The van der Waals surface area contributed by atoms with Crippen LogP contribution in [0.5, 0.6) is 5.75 Å². The summed E-state index contributed by atoms with van der Waals surface area (Å²) in [4.78, 5) is 74.3. The summed E-state index contributed by atoms with van der Waals surface area (Å²) in [6.45, 7) is 6.67. The van der Waals surface area contributed by atoms with Gasteiger partial charge in [-0.2, -0.15) is 0 Å². The Hall–Kier alpha value is -4.12. The molecule has 16 heteroatoms. The van der Waals surface area contributed by atoms with Gasteiger partial charge in [-0.15, -0.1) is 0 Å². The first kappa shape index (κ1) is 36.3. The molecule has 6 atom stereocenters. The fraction of sp³-hybridized carbons (Fsp3) is 0.600. The molecule has 1 aromatic carbocycles. The van der Waals surface area contributed by atoms with Crippen LogP contribution in [0.4, 0.5) is 5.69 Å². The second kappa shape index (κ2) is 15.9. The van der Waals surface area contributed by atoms with E-state index in [1.165, 1.54) is 18.2 Å². The van der Waals surface area contributed by atoms with E-state index < -0.39 is 60.4 Å². The number of carboxylic acid groups (broad SMARTS) is 1. The molecular weight excluding hydrogens is 610 g/mol. The van der Waals surface area contributed by atoms with Crippen LogP contribution in [0.3, 0.4) is 0 Å². The Morgan fingerprint density at radius 1 is 1.00 bits per heavy atom. The number of likely N-dealkylation sites (tertiary alicyclic amines) is 1. The van der Waals surface area contributed by atoms with Crippen molar-refractivity contribution in [3.05, 3.63) is 23.8 Å². The number of amides is 4. The van der Waals surface area contributed by atoms with Crippen LogP contribution in [0.25, 0.3) is 0 Å². The predicted molar refractivity (Wildman–Crippen MR) is 157 cm³/mol. The number of rotatable bonds is 14. The van der Waals surface area contributed by atoms with Crippen LogP contribution >= 0.6 is 0 Å². The van der Waals surface area contributed by atoms with E-state index in [0.717, 1.165) is 4.90 Å². The molecule has 4 amide bonds. The van der Waals surface area contributed by atoms with Gasteiger partial charge in [0.1, 0.15) is 30.7 Å². The number of aliphatic hydroxyl groups excluding tert-OH is 3. The summed E-state index contributed by atoms with van der Waals surface area (Å²) < 4.78 is 16.0. The second-order valence-electron chi connectivity index (χ2n) is 11.8. The first-order valence-electron chi connectivity index (χ1n) is 14.9. The van der Waals surface area contributed by atoms with Crippen LogP contribution in [0, 0.1) is 17.8 Å². The van der Waals surface area contributed by atoms with E-state index in [9.17, 15) is 49.2 Å². The van der Waals surface area contributed by atoms with Gasteiger partial charge in [-0.25, -0.2) is 4.79 Å². The monoisotopic (exact) mass is 651 g/mol. The molecule has 2 heterocycles. The number of esters is 1. The van der Waals surface area contributed by atoms with Crippen LogP contribution < -0.4 is 15.4 Å². The normalized spacial score (nSPS) is 24.7. The minimum atomic E-state index is -1.94. The Labute approximate surface area is 265 Å². The summed E-state index contributed by atoms with van der Waals surface area (Å²) in [5, 5.41) is 44.9. The summed E-state index contributed by atoms with van der Waals surface area (Å²) in [6.07, 6.45) is -9.65. The van der Waals surface area contributed by atoms with Gasteiger partial charge in [-0.1, -0.05) is 33.8 Å². The number of ether oxygens (including phenoxy) is 3. The number of aliphatic carboxylic acids is 1. The molecule has 2 aliphatic rings. The molecule has 6 N–H and O–H groups in total. The largest absolute Gasteiger partial charge is 0.479 e. The number of carboxylic acids is 1. The Morgan fingerprint density at radius 2 is 1.70 bits per heavy atom. The van der Waals surface area contributed by atoms with Crippen molar-refractivity contribution in [1.29, 1.82) is 0 Å². The lowest BCUT2D eigenvalue weighted by Gasteiger charge is -2.38. The molecule has 4 unspecified atom stereocenters. The SMILES string of the molecule is CC(C)C(=O)OCc1ccc(O[C@@H]2OC(C(=O)O)[C@@H](O)C(O)C2O)c(NC(=O)CCNC(=O)CCN2C(=O)CC(C(C)C)C2=O)c1. The lowest BCUT2D eigenvalue weighted by molar-refractivity contribution is -0.271. The number of hydrogen-bond acceptors (Lipinski definition) is 12. The Kier molecular flexibility index (Phi) is 12.6. The fourth-order valence-corrected chi connectivity index (χ4v) is 4.76. The topological polar surface area (TPSA) is 238 Å². The number of hydrogen-bond donors (Lipinski definition) is 6. The van der Waals surface area contributed by atoms with Crippen molar-refractivity contribution in [3.63, 3.8) is 0 Å². The zero-order valence-electron chi connectivity index (χ0n) is 26.0. The van der Waals surface area contributed by atoms with Crippen molar-refractivity contribution >= 4 is 41.3 Å². The van der Waals surface area contributed by atoms with Gasteiger partial charge in [-0.3, -0.25) is 28.9 Å². The number of benzene rings is 1. The summed E-state index contributed by atoms with van der Waals surface area (Å²) >= 11 is 0. The molecule has 0 aliphatic carbocycles. The standard InChI is InChI=1S/C30H41N3O13/c1-14(2)17-12-22(36)33(27(17)40)10-8-20(34)31-9-7-21(35)32-18-11-16(13-44-29(43)15(3)4)5-6-19(18)45-30-25(39)23(37)24(38)26(46-30)28(41)42/h5-6,11,14-15,17,23-26,30,37-39H,7-10,12-13H2,1-4H3,(H,31,34)(H,32,35)(H,41,42)/t17?,23?,24-,25?,26?,30+/m0/s1. The highest BCUT2D eigenvalue weighted by Gasteiger charge is 2.48. The first-order chi connectivity index (χ1) is 21.6.